The lowest BCUT2D eigenvalue weighted by atomic mass is 10.1. The average Bonchev–Trinajstić information content (AvgIpc) is 3.18. The predicted molar refractivity (Wildman–Crippen MR) is 128 cm³/mol. The van der Waals surface area contributed by atoms with Crippen molar-refractivity contribution in [2.24, 2.45) is 9.98 Å². The summed E-state index contributed by atoms with van der Waals surface area (Å²) in [5, 5.41) is 6.83. The number of ether oxygens (including phenoxy) is 1. The van der Waals surface area contributed by atoms with Crippen molar-refractivity contribution in [3.05, 3.63) is 83.2 Å². The number of hydrogen-bond donors (Lipinski definition) is 2. The largest absolute Gasteiger partial charge is 0.379 e. The third kappa shape index (κ3) is 5.48. The summed E-state index contributed by atoms with van der Waals surface area (Å²) in [6.45, 7) is 10.7. The van der Waals surface area contributed by atoms with Crippen LogP contribution in [-0.4, -0.2) is 50.3 Å². The first-order chi connectivity index (χ1) is 15.2. The van der Waals surface area contributed by atoms with Crippen molar-refractivity contribution >= 4 is 23.8 Å². The Morgan fingerprint density at radius 1 is 1.16 bits per heavy atom. The Balaban J connectivity index is 1.43. The molecule has 0 saturated carbocycles. The number of hydrogen-bond acceptors (Lipinski definition) is 6. The topological polar surface area (TPSA) is 61.2 Å². The summed E-state index contributed by atoms with van der Waals surface area (Å²) in [7, 11) is 0. The number of rotatable bonds is 7. The molecule has 6 nitrogen and oxygen atoms in total. The van der Waals surface area contributed by atoms with Crippen LogP contribution in [0.5, 0.6) is 0 Å². The lowest BCUT2D eigenvalue weighted by Crippen LogP contribution is -2.35. The maximum Gasteiger partial charge on any atom is 0.108 e. The maximum atomic E-state index is 5.44. The highest BCUT2D eigenvalue weighted by Crippen LogP contribution is 2.23. The SMILES string of the molecule is C=N/C=C1/NC(c2ccccc2C)=CC1=NCNc1cccc(CN2CCOCC2)c1. The van der Waals surface area contributed by atoms with Crippen LogP contribution in [0.2, 0.25) is 0 Å². The second kappa shape index (κ2) is 10.2. The zero-order valence-corrected chi connectivity index (χ0v) is 18.0. The molecule has 2 aromatic rings. The molecule has 2 N–H and O–H groups in total. The average molecular weight is 416 g/mol. The summed E-state index contributed by atoms with van der Waals surface area (Å²) in [6, 6.07) is 16.8. The highest BCUT2D eigenvalue weighted by molar-refractivity contribution is 6.16. The Morgan fingerprint density at radius 2 is 2.00 bits per heavy atom. The third-order valence-corrected chi connectivity index (χ3v) is 5.45. The molecule has 2 aliphatic rings. The van der Waals surface area contributed by atoms with Gasteiger partial charge in [0, 0.05) is 36.6 Å². The zero-order valence-electron chi connectivity index (χ0n) is 18.0. The molecular formula is C25H29N5O. The molecule has 0 radical (unpaired) electrons. The number of allylic oxidation sites excluding steroid dienone is 1. The summed E-state index contributed by atoms with van der Waals surface area (Å²) in [6.07, 6.45) is 3.78. The first-order valence-corrected chi connectivity index (χ1v) is 10.6. The number of nitrogens with zero attached hydrogens (tertiary/aromatic N) is 3. The monoisotopic (exact) mass is 415 g/mol. The van der Waals surface area contributed by atoms with E-state index in [1.807, 2.05) is 12.1 Å². The van der Waals surface area contributed by atoms with Crippen LogP contribution in [0.3, 0.4) is 0 Å². The lowest BCUT2D eigenvalue weighted by Gasteiger charge is -2.26. The van der Waals surface area contributed by atoms with E-state index in [9.17, 15) is 0 Å². The smallest absolute Gasteiger partial charge is 0.108 e. The molecule has 0 spiro atoms. The minimum absolute atomic E-state index is 0.476. The van der Waals surface area contributed by atoms with Crippen molar-refractivity contribution in [2.75, 3.05) is 38.3 Å². The van der Waals surface area contributed by atoms with Crippen molar-refractivity contribution in [1.82, 2.24) is 10.2 Å². The highest BCUT2D eigenvalue weighted by Gasteiger charge is 2.18. The van der Waals surface area contributed by atoms with E-state index in [0.717, 1.165) is 61.2 Å². The van der Waals surface area contributed by atoms with Gasteiger partial charge in [-0.2, -0.15) is 0 Å². The Labute approximate surface area is 184 Å². The Hall–Kier alpha value is -3.22. The van der Waals surface area contributed by atoms with E-state index >= 15 is 0 Å². The number of benzene rings is 2. The molecule has 1 fully saturated rings. The fourth-order valence-electron chi connectivity index (χ4n) is 3.81. The van der Waals surface area contributed by atoms with Crippen LogP contribution >= 0.6 is 0 Å². The number of aliphatic imine (C=N–C) groups is 2. The Bertz CT molecular complexity index is 1020. The first kappa shape index (κ1) is 21.0. The molecule has 0 aromatic heterocycles. The molecule has 2 aromatic carbocycles. The van der Waals surface area contributed by atoms with Gasteiger partial charge in [-0.25, -0.2) is 0 Å². The fraction of sp³-hybridized carbons (Fsp3) is 0.280. The van der Waals surface area contributed by atoms with Gasteiger partial charge in [0.25, 0.3) is 0 Å². The van der Waals surface area contributed by atoms with Crippen LogP contribution in [0.1, 0.15) is 16.7 Å². The molecule has 0 bridgehead atoms. The molecular weight excluding hydrogens is 386 g/mol. The van der Waals surface area contributed by atoms with Crippen LogP contribution in [-0.2, 0) is 11.3 Å². The highest BCUT2D eigenvalue weighted by atomic mass is 16.5. The van der Waals surface area contributed by atoms with Gasteiger partial charge in [-0.15, -0.1) is 0 Å². The van der Waals surface area contributed by atoms with Crippen LogP contribution in [0.25, 0.3) is 5.70 Å². The van der Waals surface area contributed by atoms with Gasteiger partial charge in [0.05, 0.1) is 30.8 Å². The van der Waals surface area contributed by atoms with Gasteiger partial charge in [-0.1, -0.05) is 36.4 Å². The standard InChI is InChI=1S/C25H29N5O/c1-19-6-3-4-9-22(19)23-15-24(25(29-23)16-26-2)28-18-27-21-8-5-7-20(14-21)17-30-10-12-31-13-11-30/h3-9,14-16,27,29H,2,10-13,17-18H2,1H3/b25-16+,28-24?. The summed E-state index contributed by atoms with van der Waals surface area (Å²) < 4.78 is 5.44. The van der Waals surface area contributed by atoms with Crippen LogP contribution in [0.15, 0.2) is 76.5 Å². The molecule has 0 unspecified atom stereocenters. The van der Waals surface area contributed by atoms with Crippen molar-refractivity contribution in [2.45, 2.75) is 13.5 Å². The summed E-state index contributed by atoms with van der Waals surface area (Å²) >= 11 is 0. The molecule has 2 heterocycles. The predicted octanol–water partition coefficient (Wildman–Crippen LogP) is 3.82. The fourth-order valence-corrected chi connectivity index (χ4v) is 3.81. The number of nitrogens with one attached hydrogen (secondary N) is 2. The van der Waals surface area contributed by atoms with E-state index in [1.54, 1.807) is 6.20 Å². The van der Waals surface area contributed by atoms with E-state index in [4.69, 9.17) is 9.73 Å². The van der Waals surface area contributed by atoms with Gasteiger partial charge in [0.15, 0.2) is 0 Å². The molecule has 31 heavy (non-hydrogen) atoms. The molecule has 4 rings (SSSR count). The Kier molecular flexibility index (Phi) is 6.92. The van der Waals surface area contributed by atoms with Gasteiger partial charge < -0.3 is 15.4 Å². The summed E-state index contributed by atoms with van der Waals surface area (Å²) in [5.74, 6) is 0. The van der Waals surface area contributed by atoms with Crippen molar-refractivity contribution in [1.29, 1.82) is 0 Å². The third-order valence-electron chi connectivity index (χ3n) is 5.45. The number of morpholine rings is 1. The van der Waals surface area contributed by atoms with Crippen LogP contribution < -0.4 is 10.6 Å². The van der Waals surface area contributed by atoms with Gasteiger partial charge >= 0.3 is 0 Å². The van der Waals surface area contributed by atoms with Gasteiger partial charge in [-0.05, 0) is 43.0 Å². The van der Waals surface area contributed by atoms with Crippen molar-refractivity contribution in [3.8, 4) is 0 Å². The molecule has 2 aliphatic heterocycles. The van der Waals surface area contributed by atoms with E-state index in [-0.39, 0.29) is 0 Å². The van der Waals surface area contributed by atoms with E-state index in [1.165, 1.54) is 11.1 Å². The summed E-state index contributed by atoms with van der Waals surface area (Å²) in [5.41, 5.74) is 7.48. The minimum atomic E-state index is 0.476. The van der Waals surface area contributed by atoms with Gasteiger partial charge in [0.2, 0.25) is 0 Å². The van der Waals surface area contributed by atoms with Gasteiger partial charge in [0.1, 0.15) is 6.67 Å². The first-order valence-electron chi connectivity index (χ1n) is 10.6. The normalized spacial score (nSPS) is 19.3. The van der Waals surface area contributed by atoms with Crippen molar-refractivity contribution in [3.63, 3.8) is 0 Å². The molecule has 1 saturated heterocycles. The minimum Gasteiger partial charge on any atom is -0.379 e. The van der Waals surface area contributed by atoms with Gasteiger partial charge in [-0.3, -0.25) is 14.9 Å². The van der Waals surface area contributed by atoms with Crippen LogP contribution in [0.4, 0.5) is 5.69 Å². The van der Waals surface area contributed by atoms with E-state index in [0.29, 0.717) is 6.67 Å². The zero-order chi connectivity index (χ0) is 21.5. The molecule has 0 atom stereocenters. The molecule has 0 aliphatic carbocycles. The molecule has 160 valence electrons. The van der Waals surface area contributed by atoms with Crippen LogP contribution in [0, 0.1) is 6.92 Å². The van der Waals surface area contributed by atoms with E-state index in [2.05, 4.69) is 76.6 Å². The van der Waals surface area contributed by atoms with E-state index < -0.39 is 0 Å². The van der Waals surface area contributed by atoms with Crippen molar-refractivity contribution < 1.29 is 4.74 Å². The maximum absolute atomic E-state index is 5.44. The lowest BCUT2D eigenvalue weighted by molar-refractivity contribution is 0.0342. The second-order valence-electron chi connectivity index (χ2n) is 7.69. The molecule has 0 amide bonds. The Morgan fingerprint density at radius 3 is 2.81 bits per heavy atom. The number of anilines is 1. The summed E-state index contributed by atoms with van der Waals surface area (Å²) in [4.78, 5) is 11.1. The quantitative estimate of drug-likeness (QED) is 0.675. The molecule has 6 heteroatoms. The second-order valence-corrected chi connectivity index (χ2v) is 7.69. The number of aryl methyl sites for hydroxylation is 1.